The Labute approximate surface area is 268 Å². The fourth-order valence-corrected chi connectivity index (χ4v) is 5.83. The lowest BCUT2D eigenvalue weighted by Crippen LogP contribution is -2.34. The third-order valence-electron chi connectivity index (χ3n) is 8.53. The molecule has 0 spiro atoms. The number of benzene rings is 2. The van der Waals surface area contributed by atoms with E-state index >= 15 is 0 Å². The lowest BCUT2D eigenvalue weighted by atomic mass is 9.84. The summed E-state index contributed by atoms with van der Waals surface area (Å²) in [5.74, 6) is -0.625. The summed E-state index contributed by atoms with van der Waals surface area (Å²) in [7, 11) is 0. The molecule has 0 radical (unpaired) electrons. The van der Waals surface area contributed by atoms with Crippen molar-refractivity contribution >= 4 is 11.9 Å². The Bertz CT molecular complexity index is 1170. The molecule has 1 N–H and O–H groups in total. The number of hydrogen-bond acceptors (Lipinski definition) is 8. The Kier molecular flexibility index (Phi) is 14.7. The highest BCUT2D eigenvalue weighted by atomic mass is 16.6. The third-order valence-corrected chi connectivity index (χ3v) is 8.53. The molecular weight excluding hydrogens is 572 g/mol. The first kappa shape index (κ1) is 34.5. The summed E-state index contributed by atoms with van der Waals surface area (Å²) < 4.78 is 28.8. The molecule has 2 aromatic carbocycles. The fraction of sp³-hybridized carbons (Fsp3) is 0.568. The standard InChI is InChI=1S/C37H50O8/c1-2-3-4-5-6-13-24-41-31-21-18-28(19-22-31)20-23-33(39)42-27-32(38)34-35(43-25-29-14-9-7-10-15-29)36(37(40)45-34)44-26-30-16-11-8-12-17-30/h7-12,14-17,28,31-32,34,38H,2-6,13,18-27H2,1H3/t28?,31?,32?,34-/m1/s1. The van der Waals surface area contributed by atoms with Crippen LogP contribution < -0.4 is 0 Å². The average molecular weight is 623 g/mol. The van der Waals surface area contributed by atoms with Gasteiger partial charge in [-0.25, -0.2) is 4.79 Å². The van der Waals surface area contributed by atoms with E-state index in [1.807, 2.05) is 60.7 Å². The molecule has 246 valence electrons. The van der Waals surface area contributed by atoms with E-state index in [1.54, 1.807) is 0 Å². The number of cyclic esters (lactones) is 1. The zero-order chi connectivity index (χ0) is 31.7. The first-order valence-electron chi connectivity index (χ1n) is 16.8. The molecule has 8 nitrogen and oxygen atoms in total. The Balaban J connectivity index is 1.20. The highest BCUT2D eigenvalue weighted by Crippen LogP contribution is 2.31. The Morgan fingerprint density at radius 1 is 0.867 bits per heavy atom. The van der Waals surface area contributed by atoms with Gasteiger partial charge in [0.05, 0.1) is 6.10 Å². The Hall–Kier alpha value is -3.36. The van der Waals surface area contributed by atoms with Crippen molar-refractivity contribution in [1.82, 2.24) is 0 Å². The maximum atomic E-state index is 12.8. The van der Waals surface area contributed by atoms with Crippen LogP contribution in [0.25, 0.3) is 0 Å². The zero-order valence-corrected chi connectivity index (χ0v) is 26.7. The summed E-state index contributed by atoms with van der Waals surface area (Å²) in [6, 6.07) is 18.9. The molecule has 0 aromatic heterocycles. The number of carbonyl (C=O) groups is 2. The minimum absolute atomic E-state index is 0.0864. The molecule has 1 saturated carbocycles. The number of esters is 2. The molecule has 45 heavy (non-hydrogen) atoms. The van der Waals surface area contributed by atoms with Crippen molar-refractivity contribution < 1.29 is 38.4 Å². The van der Waals surface area contributed by atoms with E-state index in [4.69, 9.17) is 23.7 Å². The van der Waals surface area contributed by atoms with E-state index in [0.717, 1.165) is 56.3 Å². The van der Waals surface area contributed by atoms with Crippen molar-refractivity contribution in [2.24, 2.45) is 5.92 Å². The molecule has 1 fully saturated rings. The summed E-state index contributed by atoms with van der Waals surface area (Å²) in [5, 5.41) is 10.9. The molecule has 0 amide bonds. The number of rotatable bonds is 20. The average Bonchev–Trinajstić information content (AvgIpc) is 3.39. The van der Waals surface area contributed by atoms with Crippen LogP contribution >= 0.6 is 0 Å². The maximum absolute atomic E-state index is 12.8. The summed E-state index contributed by atoms with van der Waals surface area (Å²) in [6.07, 6.45) is 10.7. The maximum Gasteiger partial charge on any atom is 0.378 e. The smallest absolute Gasteiger partial charge is 0.378 e. The summed E-state index contributed by atoms with van der Waals surface area (Å²) >= 11 is 0. The lowest BCUT2D eigenvalue weighted by molar-refractivity contribution is -0.155. The van der Waals surface area contributed by atoms with Crippen LogP contribution in [0.3, 0.4) is 0 Å². The largest absolute Gasteiger partial charge is 0.485 e. The minimum Gasteiger partial charge on any atom is -0.485 e. The minimum atomic E-state index is -1.30. The van der Waals surface area contributed by atoms with Crippen LogP contribution in [0.15, 0.2) is 72.2 Å². The van der Waals surface area contributed by atoms with Gasteiger partial charge < -0.3 is 28.8 Å². The predicted octanol–water partition coefficient (Wildman–Crippen LogP) is 7.18. The van der Waals surface area contributed by atoms with Gasteiger partial charge in [0.1, 0.15) is 25.9 Å². The molecule has 1 heterocycles. The van der Waals surface area contributed by atoms with E-state index < -0.39 is 18.2 Å². The molecule has 8 heteroatoms. The van der Waals surface area contributed by atoms with E-state index in [2.05, 4.69) is 6.92 Å². The molecule has 2 atom stereocenters. The van der Waals surface area contributed by atoms with Crippen molar-refractivity contribution in [2.75, 3.05) is 13.2 Å². The van der Waals surface area contributed by atoms with Crippen molar-refractivity contribution in [3.63, 3.8) is 0 Å². The van der Waals surface area contributed by atoms with Gasteiger partial charge in [-0.3, -0.25) is 4.79 Å². The Morgan fingerprint density at radius 2 is 1.49 bits per heavy atom. The van der Waals surface area contributed by atoms with Crippen LogP contribution in [0, 0.1) is 5.92 Å². The van der Waals surface area contributed by atoms with E-state index in [0.29, 0.717) is 12.0 Å². The fourth-order valence-electron chi connectivity index (χ4n) is 5.83. The molecule has 1 aliphatic heterocycles. The van der Waals surface area contributed by atoms with Crippen molar-refractivity contribution in [1.29, 1.82) is 0 Å². The molecule has 1 unspecified atom stereocenters. The summed E-state index contributed by atoms with van der Waals surface area (Å²) in [5.41, 5.74) is 1.75. The molecule has 0 saturated heterocycles. The highest BCUT2D eigenvalue weighted by Gasteiger charge is 2.42. The predicted molar refractivity (Wildman–Crippen MR) is 171 cm³/mol. The van der Waals surface area contributed by atoms with Crippen LogP contribution in [-0.2, 0) is 46.5 Å². The summed E-state index contributed by atoms with van der Waals surface area (Å²) in [6.45, 7) is 3.05. The van der Waals surface area contributed by atoms with Crippen LogP contribution in [0.5, 0.6) is 0 Å². The first-order chi connectivity index (χ1) is 22.0. The first-order valence-corrected chi connectivity index (χ1v) is 16.8. The van der Waals surface area contributed by atoms with Crippen LogP contribution in [-0.4, -0.2) is 48.6 Å². The van der Waals surface area contributed by atoms with Crippen molar-refractivity contribution in [3.05, 3.63) is 83.3 Å². The second-order valence-electron chi connectivity index (χ2n) is 12.1. The number of ether oxygens (including phenoxy) is 5. The number of aliphatic hydroxyl groups excluding tert-OH is 1. The molecule has 2 aromatic rings. The zero-order valence-electron chi connectivity index (χ0n) is 26.7. The third kappa shape index (κ3) is 11.8. The van der Waals surface area contributed by atoms with Gasteiger partial charge in [-0.15, -0.1) is 0 Å². The van der Waals surface area contributed by atoms with Crippen LogP contribution in [0.1, 0.15) is 95.1 Å². The van der Waals surface area contributed by atoms with Crippen LogP contribution in [0.4, 0.5) is 0 Å². The molecular formula is C37H50O8. The Morgan fingerprint density at radius 3 is 2.16 bits per heavy atom. The summed E-state index contributed by atoms with van der Waals surface area (Å²) in [4.78, 5) is 25.4. The SMILES string of the molecule is CCCCCCCCOC1CCC(CCC(=O)OCC(O)[C@H]2OC(=O)C(OCc3ccccc3)=C2OCc2ccccc2)CC1. The lowest BCUT2D eigenvalue weighted by Gasteiger charge is -2.28. The van der Waals surface area contributed by atoms with Crippen LogP contribution in [0.2, 0.25) is 0 Å². The topological polar surface area (TPSA) is 101 Å². The van der Waals surface area contributed by atoms with E-state index in [9.17, 15) is 14.7 Å². The van der Waals surface area contributed by atoms with Gasteiger partial charge in [0.25, 0.3) is 0 Å². The second kappa shape index (κ2) is 19.2. The van der Waals surface area contributed by atoms with Gasteiger partial charge in [-0.05, 0) is 55.6 Å². The molecule has 2 aliphatic rings. The van der Waals surface area contributed by atoms with Gasteiger partial charge in [0, 0.05) is 13.0 Å². The van der Waals surface area contributed by atoms with E-state index in [-0.39, 0.29) is 43.7 Å². The molecule has 4 rings (SSSR count). The number of aliphatic hydroxyl groups is 1. The normalized spacial score (nSPS) is 20.5. The van der Waals surface area contributed by atoms with Crippen molar-refractivity contribution in [3.8, 4) is 0 Å². The second-order valence-corrected chi connectivity index (χ2v) is 12.1. The molecule has 1 aliphatic carbocycles. The van der Waals surface area contributed by atoms with Gasteiger partial charge in [0.2, 0.25) is 5.76 Å². The number of carbonyl (C=O) groups excluding carboxylic acids is 2. The van der Waals surface area contributed by atoms with Gasteiger partial charge in [-0.2, -0.15) is 0 Å². The van der Waals surface area contributed by atoms with Crippen molar-refractivity contribution in [2.45, 2.75) is 115 Å². The van der Waals surface area contributed by atoms with Gasteiger partial charge >= 0.3 is 11.9 Å². The van der Waals surface area contributed by atoms with E-state index in [1.165, 1.54) is 32.1 Å². The van der Waals surface area contributed by atoms with Gasteiger partial charge in [-0.1, -0.05) is 99.7 Å². The number of hydrogen-bond donors (Lipinski definition) is 1. The quantitative estimate of drug-likeness (QED) is 0.122. The highest BCUT2D eigenvalue weighted by molar-refractivity contribution is 5.89. The molecule has 0 bridgehead atoms. The monoisotopic (exact) mass is 622 g/mol. The number of unbranched alkanes of at least 4 members (excludes halogenated alkanes) is 5. The van der Waals surface area contributed by atoms with Gasteiger partial charge in [0.15, 0.2) is 11.9 Å².